The molecule has 0 fully saturated rings. The number of hydrazone groups is 1. The lowest BCUT2D eigenvalue weighted by Crippen LogP contribution is -2.19. The molecule has 2 aromatic carbocycles. The normalized spacial score (nSPS) is 11.1. The Hall–Kier alpha value is -3.21. The van der Waals surface area contributed by atoms with Crippen molar-refractivity contribution in [1.82, 2.24) is 10.4 Å². The molecule has 120 valence electrons. The maximum Gasteiger partial charge on any atom is 0.273 e. The third kappa shape index (κ3) is 3.25. The van der Waals surface area contributed by atoms with Crippen molar-refractivity contribution < 1.29 is 9.90 Å². The molecule has 0 radical (unpaired) electrons. The number of fused-ring (bicyclic) bond motifs is 1. The highest BCUT2D eigenvalue weighted by molar-refractivity contribution is 5.99. The monoisotopic (exact) mass is 319 g/mol. The number of carbonyl (C=O) groups is 1. The Morgan fingerprint density at radius 2 is 1.92 bits per heavy atom. The number of pyridine rings is 1. The lowest BCUT2D eigenvalue weighted by molar-refractivity contribution is 0.0954. The van der Waals surface area contributed by atoms with Gasteiger partial charge in [0.15, 0.2) is 0 Å². The Kier molecular flexibility index (Phi) is 4.24. The molecule has 1 aromatic heterocycles. The van der Waals surface area contributed by atoms with Gasteiger partial charge in [0.1, 0.15) is 5.75 Å². The minimum Gasteiger partial charge on any atom is -0.508 e. The van der Waals surface area contributed by atoms with Crippen molar-refractivity contribution in [1.29, 1.82) is 0 Å². The minimum atomic E-state index is -0.307. The van der Waals surface area contributed by atoms with Crippen LogP contribution < -0.4 is 5.43 Å². The molecule has 24 heavy (non-hydrogen) atoms. The summed E-state index contributed by atoms with van der Waals surface area (Å²) in [6.07, 6.45) is 1.52. The number of aromatic nitrogens is 1. The molecule has 2 N–H and O–H groups in total. The molecule has 5 heteroatoms. The highest BCUT2D eigenvalue weighted by atomic mass is 16.3. The highest BCUT2D eigenvalue weighted by Gasteiger charge is 2.11. The molecule has 0 unspecified atom stereocenters. The molecule has 0 saturated carbocycles. The number of hydrogen-bond acceptors (Lipinski definition) is 4. The molecule has 0 atom stereocenters. The van der Waals surface area contributed by atoms with E-state index in [1.165, 1.54) is 6.21 Å². The fourth-order valence-corrected chi connectivity index (χ4v) is 2.45. The van der Waals surface area contributed by atoms with Gasteiger partial charge in [0.05, 0.1) is 23.0 Å². The first-order valence-corrected chi connectivity index (χ1v) is 7.54. The third-order valence-electron chi connectivity index (χ3n) is 3.76. The molecule has 0 aliphatic heterocycles. The number of aryl methyl sites for hydroxylation is 2. The second kappa shape index (κ2) is 6.50. The van der Waals surface area contributed by atoms with Gasteiger partial charge in [-0.15, -0.1) is 0 Å². The van der Waals surface area contributed by atoms with Crippen molar-refractivity contribution >= 4 is 23.0 Å². The first-order valence-electron chi connectivity index (χ1n) is 7.54. The molecule has 1 heterocycles. The molecular weight excluding hydrogens is 302 g/mol. The summed E-state index contributed by atoms with van der Waals surface area (Å²) >= 11 is 0. The number of benzene rings is 2. The van der Waals surface area contributed by atoms with Crippen LogP contribution >= 0.6 is 0 Å². The number of phenolic OH excluding ortho intramolecular Hbond substituents is 1. The highest BCUT2D eigenvalue weighted by Crippen LogP contribution is 2.19. The van der Waals surface area contributed by atoms with Crippen LogP contribution in [0.25, 0.3) is 10.9 Å². The van der Waals surface area contributed by atoms with E-state index < -0.39 is 0 Å². The van der Waals surface area contributed by atoms with Crippen molar-refractivity contribution in [3.05, 3.63) is 70.9 Å². The van der Waals surface area contributed by atoms with Crippen molar-refractivity contribution in [2.75, 3.05) is 0 Å². The fourth-order valence-electron chi connectivity index (χ4n) is 2.45. The van der Waals surface area contributed by atoms with Crippen molar-refractivity contribution in [3.8, 4) is 5.75 Å². The van der Waals surface area contributed by atoms with E-state index in [1.807, 2.05) is 38.1 Å². The Balaban J connectivity index is 1.81. The molecule has 0 aliphatic carbocycles. The molecule has 5 nitrogen and oxygen atoms in total. The first-order chi connectivity index (χ1) is 11.5. The Bertz CT molecular complexity index is 931. The van der Waals surface area contributed by atoms with Gasteiger partial charge in [0.2, 0.25) is 0 Å². The lowest BCUT2D eigenvalue weighted by atomic mass is 10.1. The molecular formula is C19H17N3O2. The SMILES string of the molecule is Cc1nc2c(C)cccc2cc1C(=O)N/N=C/c1ccc(O)cc1. The largest absolute Gasteiger partial charge is 0.508 e. The van der Waals surface area contributed by atoms with Crippen LogP contribution in [-0.4, -0.2) is 22.2 Å². The summed E-state index contributed by atoms with van der Waals surface area (Å²) in [6.45, 7) is 3.81. The third-order valence-corrected chi connectivity index (χ3v) is 3.76. The summed E-state index contributed by atoms with van der Waals surface area (Å²) in [6, 6.07) is 14.2. The van der Waals surface area contributed by atoms with E-state index >= 15 is 0 Å². The van der Waals surface area contributed by atoms with Gasteiger partial charge in [-0.1, -0.05) is 18.2 Å². The second-order valence-corrected chi connectivity index (χ2v) is 5.56. The predicted octanol–water partition coefficient (Wildman–Crippen LogP) is 3.32. The summed E-state index contributed by atoms with van der Waals surface area (Å²) in [5, 5.41) is 14.1. The van der Waals surface area contributed by atoms with Gasteiger partial charge in [-0.3, -0.25) is 9.78 Å². The van der Waals surface area contributed by atoms with E-state index in [2.05, 4.69) is 15.5 Å². The number of carbonyl (C=O) groups excluding carboxylic acids is 1. The first kappa shape index (κ1) is 15.7. The number of rotatable bonds is 3. The number of nitrogens with one attached hydrogen (secondary N) is 1. The molecule has 0 bridgehead atoms. The molecule has 3 rings (SSSR count). The maximum atomic E-state index is 12.3. The van der Waals surface area contributed by atoms with E-state index in [-0.39, 0.29) is 11.7 Å². The Labute approximate surface area is 139 Å². The summed E-state index contributed by atoms with van der Waals surface area (Å²) in [5.41, 5.74) is 6.42. The van der Waals surface area contributed by atoms with E-state index in [0.29, 0.717) is 11.3 Å². The zero-order valence-electron chi connectivity index (χ0n) is 13.4. The van der Waals surface area contributed by atoms with Crippen molar-refractivity contribution in [3.63, 3.8) is 0 Å². The number of aromatic hydroxyl groups is 1. The number of amides is 1. The number of hydrogen-bond donors (Lipinski definition) is 2. The number of phenols is 1. The van der Waals surface area contributed by atoms with Crippen LogP contribution in [0.15, 0.2) is 53.6 Å². The van der Waals surface area contributed by atoms with Crippen molar-refractivity contribution in [2.45, 2.75) is 13.8 Å². The van der Waals surface area contributed by atoms with Crippen molar-refractivity contribution in [2.24, 2.45) is 5.10 Å². The Morgan fingerprint density at radius 3 is 2.67 bits per heavy atom. The zero-order valence-corrected chi connectivity index (χ0v) is 13.4. The summed E-state index contributed by atoms with van der Waals surface area (Å²) in [5.74, 6) is -0.122. The summed E-state index contributed by atoms with van der Waals surface area (Å²) < 4.78 is 0. The molecule has 3 aromatic rings. The smallest absolute Gasteiger partial charge is 0.273 e. The van der Waals surface area contributed by atoms with Crippen LogP contribution in [0.4, 0.5) is 0 Å². The van der Waals surface area contributed by atoms with E-state index in [4.69, 9.17) is 0 Å². The standard InChI is InChI=1S/C19H17N3O2/c1-12-4-3-5-15-10-17(13(2)21-18(12)15)19(24)22-20-11-14-6-8-16(23)9-7-14/h3-11,23H,1-2H3,(H,22,24)/b20-11+. The van der Waals surface area contributed by atoms with Crippen LogP contribution in [0, 0.1) is 13.8 Å². The fraction of sp³-hybridized carbons (Fsp3) is 0.105. The van der Waals surface area contributed by atoms with Crippen LogP contribution in [0.1, 0.15) is 27.2 Å². The summed E-state index contributed by atoms with van der Waals surface area (Å²) in [7, 11) is 0. The average Bonchev–Trinajstić information content (AvgIpc) is 2.57. The van der Waals surface area contributed by atoms with E-state index in [1.54, 1.807) is 24.3 Å². The van der Waals surface area contributed by atoms with E-state index in [9.17, 15) is 9.90 Å². The number of para-hydroxylation sites is 1. The van der Waals surface area contributed by atoms with Crippen LogP contribution in [0.3, 0.4) is 0 Å². The lowest BCUT2D eigenvalue weighted by Gasteiger charge is -2.07. The average molecular weight is 319 g/mol. The van der Waals surface area contributed by atoms with Crippen LogP contribution in [0.2, 0.25) is 0 Å². The topological polar surface area (TPSA) is 74.6 Å². The van der Waals surface area contributed by atoms with E-state index in [0.717, 1.165) is 22.0 Å². The zero-order chi connectivity index (χ0) is 17.1. The quantitative estimate of drug-likeness (QED) is 0.574. The molecule has 1 amide bonds. The second-order valence-electron chi connectivity index (χ2n) is 5.56. The predicted molar refractivity (Wildman–Crippen MR) is 94.4 cm³/mol. The van der Waals surface area contributed by atoms with Gasteiger partial charge in [-0.05, 0) is 55.3 Å². The van der Waals surface area contributed by atoms with Crippen LogP contribution in [-0.2, 0) is 0 Å². The molecule has 0 saturated heterocycles. The van der Waals surface area contributed by atoms with Gasteiger partial charge < -0.3 is 5.11 Å². The van der Waals surface area contributed by atoms with Gasteiger partial charge in [0, 0.05) is 5.39 Å². The van der Waals surface area contributed by atoms with Gasteiger partial charge in [-0.2, -0.15) is 5.10 Å². The molecule has 0 spiro atoms. The minimum absolute atomic E-state index is 0.185. The number of nitrogens with zero attached hydrogens (tertiary/aromatic N) is 2. The maximum absolute atomic E-state index is 12.3. The van der Waals surface area contributed by atoms with Gasteiger partial charge >= 0.3 is 0 Å². The molecule has 0 aliphatic rings. The van der Waals surface area contributed by atoms with Gasteiger partial charge in [-0.25, -0.2) is 5.43 Å². The van der Waals surface area contributed by atoms with Gasteiger partial charge in [0.25, 0.3) is 5.91 Å². The Morgan fingerprint density at radius 1 is 1.17 bits per heavy atom. The summed E-state index contributed by atoms with van der Waals surface area (Å²) in [4.78, 5) is 16.9. The van der Waals surface area contributed by atoms with Crippen LogP contribution in [0.5, 0.6) is 5.75 Å².